The summed E-state index contributed by atoms with van der Waals surface area (Å²) in [5.41, 5.74) is 0.589. The molecule has 0 aromatic carbocycles. The topological polar surface area (TPSA) is 102 Å². The Labute approximate surface area is 152 Å². The number of carbonyl (C=O) groups is 3. The van der Waals surface area contributed by atoms with Gasteiger partial charge in [0.1, 0.15) is 10.7 Å². The first-order valence-electron chi connectivity index (χ1n) is 8.19. The summed E-state index contributed by atoms with van der Waals surface area (Å²) in [5, 5.41) is 9.41. The third-order valence-electron chi connectivity index (χ3n) is 3.16. The van der Waals surface area contributed by atoms with Crippen LogP contribution in [-0.2, 0) is 20.9 Å². The molecule has 25 heavy (non-hydrogen) atoms. The Hall–Kier alpha value is -2.09. The van der Waals surface area contributed by atoms with Gasteiger partial charge in [0.2, 0.25) is 5.91 Å². The summed E-state index contributed by atoms with van der Waals surface area (Å²) in [6, 6.07) is 0. The number of nitrogens with one attached hydrogen (secondary N) is 2. The first kappa shape index (κ1) is 21.0. The van der Waals surface area contributed by atoms with Crippen LogP contribution >= 0.6 is 11.6 Å². The monoisotopic (exact) mass is 372 g/mol. The Morgan fingerprint density at radius 3 is 2.52 bits per heavy atom. The molecule has 0 aliphatic carbocycles. The zero-order valence-corrected chi connectivity index (χ0v) is 15.8. The Balaban J connectivity index is 2.53. The minimum atomic E-state index is -0.719. The van der Waals surface area contributed by atoms with Gasteiger partial charge in [-0.1, -0.05) is 32.4 Å². The van der Waals surface area contributed by atoms with E-state index in [1.54, 1.807) is 6.92 Å². The molecule has 2 amide bonds. The van der Waals surface area contributed by atoms with Crippen LogP contribution in [0, 0.1) is 12.8 Å². The highest BCUT2D eigenvalue weighted by Crippen LogP contribution is 2.21. The molecule has 0 aliphatic heterocycles. The molecule has 1 aromatic rings. The fourth-order valence-corrected chi connectivity index (χ4v) is 2.33. The molecule has 0 unspecified atom stereocenters. The molecule has 0 atom stereocenters. The summed E-state index contributed by atoms with van der Waals surface area (Å²) in [4.78, 5) is 35.2. The van der Waals surface area contributed by atoms with Gasteiger partial charge in [0.15, 0.2) is 6.61 Å². The van der Waals surface area contributed by atoms with Crippen LogP contribution < -0.4 is 10.6 Å². The second-order valence-corrected chi connectivity index (χ2v) is 6.39. The Morgan fingerprint density at radius 2 is 1.92 bits per heavy atom. The maximum absolute atomic E-state index is 12.2. The van der Waals surface area contributed by atoms with Crippen molar-refractivity contribution in [2.45, 2.75) is 40.7 Å². The van der Waals surface area contributed by atoms with E-state index in [0.29, 0.717) is 24.7 Å². The Kier molecular flexibility index (Phi) is 8.40. The molecule has 2 N–H and O–H groups in total. The van der Waals surface area contributed by atoms with Crippen molar-refractivity contribution in [3.8, 4) is 0 Å². The molecule has 8 nitrogen and oxygen atoms in total. The minimum absolute atomic E-state index is 0.149. The number of rotatable bonds is 9. The number of esters is 1. The van der Waals surface area contributed by atoms with E-state index in [0.717, 1.165) is 6.42 Å². The third-order valence-corrected chi connectivity index (χ3v) is 3.54. The van der Waals surface area contributed by atoms with Crippen LogP contribution in [0.2, 0.25) is 5.15 Å². The minimum Gasteiger partial charge on any atom is -0.452 e. The Bertz CT molecular complexity index is 628. The molecule has 1 rings (SSSR count). The number of nitrogens with zero attached hydrogens (tertiary/aromatic N) is 2. The molecule has 0 aliphatic rings. The molecule has 1 aromatic heterocycles. The molecule has 0 saturated carbocycles. The second-order valence-electron chi connectivity index (χ2n) is 6.03. The number of aryl methyl sites for hydroxylation is 1. The maximum Gasteiger partial charge on any atom is 0.343 e. The molecule has 140 valence electrons. The second kappa shape index (κ2) is 10.0. The molecular weight excluding hydrogens is 348 g/mol. The van der Waals surface area contributed by atoms with Crippen LogP contribution in [0.3, 0.4) is 0 Å². The number of carbonyl (C=O) groups excluding carboxylic acids is 3. The van der Waals surface area contributed by atoms with Crippen LogP contribution in [0.15, 0.2) is 0 Å². The van der Waals surface area contributed by atoms with E-state index < -0.39 is 18.5 Å². The van der Waals surface area contributed by atoms with E-state index in [1.807, 2.05) is 20.8 Å². The maximum atomic E-state index is 12.2. The van der Waals surface area contributed by atoms with Gasteiger partial charge in [-0.05, 0) is 19.3 Å². The summed E-state index contributed by atoms with van der Waals surface area (Å²) in [5.74, 6) is -1.27. The van der Waals surface area contributed by atoms with E-state index in [4.69, 9.17) is 16.3 Å². The van der Waals surface area contributed by atoms with Crippen molar-refractivity contribution >= 4 is 29.4 Å². The summed E-state index contributed by atoms with van der Waals surface area (Å²) < 4.78 is 6.50. The zero-order valence-electron chi connectivity index (χ0n) is 15.0. The molecule has 0 radical (unpaired) electrons. The number of halogens is 1. The molecule has 0 fully saturated rings. The van der Waals surface area contributed by atoms with Crippen LogP contribution in [-0.4, -0.2) is 47.3 Å². The highest BCUT2D eigenvalue weighted by Gasteiger charge is 2.22. The molecule has 0 spiro atoms. The first-order valence-corrected chi connectivity index (χ1v) is 8.57. The number of aromatic nitrogens is 2. The lowest BCUT2D eigenvalue weighted by molar-refractivity contribution is -0.127. The lowest BCUT2D eigenvalue weighted by Gasteiger charge is -2.08. The highest BCUT2D eigenvalue weighted by atomic mass is 35.5. The summed E-state index contributed by atoms with van der Waals surface area (Å²) in [6.45, 7) is 8.04. The van der Waals surface area contributed by atoms with E-state index >= 15 is 0 Å². The highest BCUT2D eigenvalue weighted by molar-refractivity contribution is 6.32. The van der Waals surface area contributed by atoms with Crippen molar-refractivity contribution in [1.29, 1.82) is 0 Å². The van der Waals surface area contributed by atoms with E-state index in [2.05, 4.69) is 15.7 Å². The lowest BCUT2D eigenvalue weighted by atomic mass is 10.2. The number of amides is 2. The molecule has 1 heterocycles. The van der Waals surface area contributed by atoms with Gasteiger partial charge in [0, 0.05) is 13.1 Å². The lowest BCUT2D eigenvalue weighted by Crippen LogP contribution is -2.38. The largest absolute Gasteiger partial charge is 0.452 e. The zero-order chi connectivity index (χ0) is 19.0. The summed E-state index contributed by atoms with van der Waals surface area (Å²) in [7, 11) is 0. The fourth-order valence-electron chi connectivity index (χ4n) is 2.01. The molecule has 0 saturated heterocycles. The van der Waals surface area contributed by atoms with Crippen molar-refractivity contribution in [2.75, 3.05) is 19.7 Å². The molecule has 0 bridgehead atoms. The van der Waals surface area contributed by atoms with Gasteiger partial charge in [-0.15, -0.1) is 0 Å². The fraction of sp³-hybridized carbons (Fsp3) is 0.625. The predicted molar refractivity (Wildman–Crippen MR) is 93.4 cm³/mol. The Morgan fingerprint density at radius 1 is 1.24 bits per heavy atom. The van der Waals surface area contributed by atoms with Crippen molar-refractivity contribution < 1.29 is 19.1 Å². The van der Waals surface area contributed by atoms with Gasteiger partial charge >= 0.3 is 5.97 Å². The SMILES string of the molecule is CCCNC(=O)CNC(=O)COC(=O)c1c(C)nn(CC(C)C)c1Cl. The normalized spacial score (nSPS) is 10.6. The number of ether oxygens (including phenoxy) is 1. The van der Waals surface area contributed by atoms with Crippen LogP contribution in [0.5, 0.6) is 0 Å². The van der Waals surface area contributed by atoms with Gasteiger partial charge < -0.3 is 15.4 Å². The number of hydrogen-bond donors (Lipinski definition) is 2. The van der Waals surface area contributed by atoms with Crippen molar-refractivity contribution in [3.63, 3.8) is 0 Å². The van der Waals surface area contributed by atoms with E-state index in [9.17, 15) is 14.4 Å². The van der Waals surface area contributed by atoms with Crippen molar-refractivity contribution in [2.24, 2.45) is 5.92 Å². The van der Waals surface area contributed by atoms with Gasteiger partial charge in [-0.25, -0.2) is 4.79 Å². The standard InChI is InChI=1S/C16H25ClN4O4/c1-5-6-18-12(22)7-19-13(23)9-25-16(24)14-11(4)20-21(15(14)17)8-10(2)3/h10H,5-9H2,1-4H3,(H,18,22)(H,19,23). The predicted octanol–water partition coefficient (Wildman–Crippen LogP) is 1.30. The molecular formula is C16H25ClN4O4. The van der Waals surface area contributed by atoms with Gasteiger partial charge in [-0.3, -0.25) is 14.3 Å². The van der Waals surface area contributed by atoms with Crippen LogP contribution in [0.25, 0.3) is 0 Å². The summed E-state index contributed by atoms with van der Waals surface area (Å²) in [6.07, 6.45) is 0.807. The van der Waals surface area contributed by atoms with Crippen molar-refractivity contribution in [1.82, 2.24) is 20.4 Å². The number of hydrogen-bond acceptors (Lipinski definition) is 5. The quantitative estimate of drug-likeness (QED) is 0.636. The smallest absolute Gasteiger partial charge is 0.343 e. The van der Waals surface area contributed by atoms with Gasteiger partial charge in [0.05, 0.1) is 12.2 Å². The molecule has 9 heteroatoms. The van der Waals surface area contributed by atoms with Crippen LogP contribution in [0.1, 0.15) is 43.2 Å². The van der Waals surface area contributed by atoms with Gasteiger partial charge in [0.25, 0.3) is 5.91 Å². The van der Waals surface area contributed by atoms with Crippen molar-refractivity contribution in [3.05, 3.63) is 16.4 Å². The first-order chi connectivity index (χ1) is 11.8. The van der Waals surface area contributed by atoms with E-state index in [-0.39, 0.29) is 23.2 Å². The van der Waals surface area contributed by atoms with E-state index in [1.165, 1.54) is 4.68 Å². The van der Waals surface area contributed by atoms with Crippen LogP contribution in [0.4, 0.5) is 0 Å². The summed E-state index contributed by atoms with van der Waals surface area (Å²) >= 11 is 6.18. The average molecular weight is 373 g/mol. The third kappa shape index (κ3) is 6.74. The average Bonchev–Trinajstić information content (AvgIpc) is 2.81. The van der Waals surface area contributed by atoms with Gasteiger partial charge in [-0.2, -0.15) is 5.10 Å².